The van der Waals surface area contributed by atoms with E-state index in [2.05, 4.69) is 5.32 Å². The first-order chi connectivity index (χ1) is 20.0. The van der Waals surface area contributed by atoms with Crippen LogP contribution in [0.4, 0.5) is 10.1 Å². The molecule has 0 fully saturated rings. The summed E-state index contributed by atoms with van der Waals surface area (Å²) in [4.78, 5) is 29.2. The largest absolute Gasteiger partial charge is 0.494 e. The number of sulfonamides is 1. The van der Waals surface area contributed by atoms with Gasteiger partial charge in [-0.3, -0.25) is 13.9 Å². The molecule has 0 heterocycles. The molecular formula is C31H38FN3O5S2. The van der Waals surface area contributed by atoms with Crippen molar-refractivity contribution >= 4 is 39.3 Å². The van der Waals surface area contributed by atoms with E-state index in [1.54, 1.807) is 49.4 Å². The maximum atomic E-state index is 14.7. The zero-order chi connectivity index (χ0) is 30.9. The summed E-state index contributed by atoms with van der Waals surface area (Å²) >= 11 is 1.48. The number of anilines is 1. The lowest BCUT2D eigenvalue weighted by Crippen LogP contribution is -2.52. The zero-order valence-electron chi connectivity index (χ0n) is 24.5. The molecule has 3 rings (SSSR count). The van der Waals surface area contributed by atoms with Gasteiger partial charge >= 0.3 is 0 Å². The van der Waals surface area contributed by atoms with Crippen molar-refractivity contribution in [1.29, 1.82) is 0 Å². The summed E-state index contributed by atoms with van der Waals surface area (Å²) in [6, 6.07) is 17.6. The number of nitrogens with one attached hydrogen (secondary N) is 1. The van der Waals surface area contributed by atoms with E-state index in [0.29, 0.717) is 18.8 Å². The van der Waals surface area contributed by atoms with Crippen molar-refractivity contribution in [1.82, 2.24) is 10.2 Å². The van der Waals surface area contributed by atoms with Crippen molar-refractivity contribution in [3.8, 4) is 5.75 Å². The third-order valence-electron chi connectivity index (χ3n) is 6.83. The summed E-state index contributed by atoms with van der Waals surface area (Å²) < 4.78 is 49.2. The highest BCUT2D eigenvalue weighted by Gasteiger charge is 2.33. The monoisotopic (exact) mass is 615 g/mol. The van der Waals surface area contributed by atoms with Gasteiger partial charge in [0.2, 0.25) is 11.8 Å². The van der Waals surface area contributed by atoms with E-state index in [-0.39, 0.29) is 28.7 Å². The number of rotatable bonds is 14. The van der Waals surface area contributed by atoms with Gasteiger partial charge in [-0.05, 0) is 88.0 Å². The van der Waals surface area contributed by atoms with Crippen molar-refractivity contribution in [2.45, 2.75) is 62.5 Å². The van der Waals surface area contributed by atoms with Crippen molar-refractivity contribution in [3.63, 3.8) is 0 Å². The molecule has 0 aliphatic carbocycles. The highest BCUT2D eigenvalue weighted by atomic mass is 32.2. The van der Waals surface area contributed by atoms with Gasteiger partial charge < -0.3 is 15.0 Å². The quantitative estimate of drug-likeness (QED) is 0.242. The lowest BCUT2D eigenvalue weighted by Gasteiger charge is -2.32. The molecule has 0 aliphatic rings. The van der Waals surface area contributed by atoms with E-state index >= 15 is 0 Å². The van der Waals surface area contributed by atoms with Crippen molar-refractivity contribution < 1.29 is 27.1 Å². The normalized spacial score (nSPS) is 12.7. The molecule has 3 aromatic carbocycles. The lowest BCUT2D eigenvalue weighted by molar-refractivity contribution is -0.139. The Bertz CT molecular complexity index is 1450. The van der Waals surface area contributed by atoms with Gasteiger partial charge in [0.05, 0.1) is 17.2 Å². The number of amides is 2. The van der Waals surface area contributed by atoms with Crippen molar-refractivity contribution in [2.24, 2.45) is 0 Å². The molecule has 0 aromatic heterocycles. The maximum Gasteiger partial charge on any atom is 0.264 e. The van der Waals surface area contributed by atoms with Crippen LogP contribution in [0.25, 0.3) is 0 Å². The minimum absolute atomic E-state index is 0.00482. The smallest absolute Gasteiger partial charge is 0.264 e. The van der Waals surface area contributed by atoms with Crippen LogP contribution in [-0.2, 0) is 26.2 Å². The van der Waals surface area contributed by atoms with Crippen LogP contribution in [0.3, 0.4) is 0 Å². The second-order valence-corrected chi connectivity index (χ2v) is 12.5. The Morgan fingerprint density at radius 2 is 1.62 bits per heavy atom. The summed E-state index contributed by atoms with van der Waals surface area (Å²) in [5.74, 6) is -1.07. The molecule has 226 valence electrons. The Morgan fingerprint density at radius 1 is 0.976 bits per heavy atom. The topological polar surface area (TPSA) is 96.0 Å². The number of hydrogen-bond donors (Lipinski definition) is 1. The first kappa shape index (κ1) is 32.9. The molecule has 11 heteroatoms. The van der Waals surface area contributed by atoms with E-state index < -0.39 is 40.2 Å². The van der Waals surface area contributed by atoms with Gasteiger partial charge in [0.25, 0.3) is 10.0 Å². The predicted octanol–water partition coefficient (Wildman–Crippen LogP) is 5.47. The zero-order valence-corrected chi connectivity index (χ0v) is 26.2. The van der Waals surface area contributed by atoms with Gasteiger partial charge in [-0.1, -0.05) is 25.1 Å². The van der Waals surface area contributed by atoms with Crippen LogP contribution in [0.15, 0.2) is 82.6 Å². The summed E-state index contributed by atoms with van der Waals surface area (Å²) in [6.07, 6.45) is 2.57. The van der Waals surface area contributed by atoms with Gasteiger partial charge in [-0.25, -0.2) is 12.8 Å². The van der Waals surface area contributed by atoms with E-state index in [9.17, 15) is 22.4 Å². The Kier molecular flexibility index (Phi) is 11.8. The number of hydrogen-bond acceptors (Lipinski definition) is 6. The first-order valence-electron chi connectivity index (χ1n) is 13.7. The fourth-order valence-electron chi connectivity index (χ4n) is 4.14. The van der Waals surface area contributed by atoms with Gasteiger partial charge in [-0.2, -0.15) is 0 Å². The van der Waals surface area contributed by atoms with Crippen LogP contribution in [0, 0.1) is 5.82 Å². The number of ether oxygens (including phenoxy) is 1. The van der Waals surface area contributed by atoms with E-state index in [0.717, 1.165) is 9.20 Å². The average molecular weight is 616 g/mol. The van der Waals surface area contributed by atoms with Crippen LogP contribution in [-0.4, -0.2) is 56.6 Å². The van der Waals surface area contributed by atoms with E-state index in [1.165, 1.54) is 47.0 Å². The van der Waals surface area contributed by atoms with Crippen molar-refractivity contribution in [2.75, 3.05) is 23.7 Å². The number of halogens is 1. The number of nitrogens with zero attached hydrogens (tertiary/aromatic N) is 2. The minimum atomic E-state index is -4.22. The standard InChI is InChI=1S/C31H38FN3O5S2/c1-6-22(3)33-31(37)23(4)34(20-24-10-8-9-11-29(24)32)30(36)21-35(25-12-14-26(15-13-25)40-7-2)42(38,39)28-18-16-27(41-5)17-19-28/h8-19,22-23H,6-7,20-21H2,1-5H3,(H,33,37)/t22-,23+/m0/s1. The molecule has 42 heavy (non-hydrogen) atoms. The van der Waals surface area contributed by atoms with E-state index in [1.807, 2.05) is 27.0 Å². The van der Waals surface area contributed by atoms with Crippen LogP contribution in [0.5, 0.6) is 5.75 Å². The molecule has 0 saturated carbocycles. The second-order valence-electron chi connectivity index (χ2n) is 9.72. The molecule has 1 N–H and O–H groups in total. The molecule has 0 saturated heterocycles. The third kappa shape index (κ3) is 8.25. The Labute approximate surface area is 252 Å². The number of carbonyl (C=O) groups excluding carboxylic acids is 2. The molecule has 0 bridgehead atoms. The SMILES string of the molecule is CCOc1ccc(N(CC(=O)N(Cc2ccccc2F)[C@H](C)C(=O)N[C@@H](C)CC)S(=O)(=O)c2ccc(SC)cc2)cc1. The molecule has 0 unspecified atom stereocenters. The van der Waals surface area contributed by atoms with Gasteiger partial charge in [0.1, 0.15) is 24.2 Å². The van der Waals surface area contributed by atoms with Crippen LogP contribution in [0.1, 0.15) is 39.7 Å². The number of carbonyl (C=O) groups is 2. The highest BCUT2D eigenvalue weighted by molar-refractivity contribution is 7.98. The Morgan fingerprint density at radius 3 is 2.19 bits per heavy atom. The molecule has 0 aliphatic heterocycles. The fourth-order valence-corrected chi connectivity index (χ4v) is 5.96. The third-order valence-corrected chi connectivity index (χ3v) is 9.36. The van der Waals surface area contributed by atoms with Crippen molar-refractivity contribution in [3.05, 3.63) is 84.2 Å². The molecule has 2 amide bonds. The summed E-state index contributed by atoms with van der Waals surface area (Å²) in [5.41, 5.74) is 0.445. The maximum absolute atomic E-state index is 14.7. The summed E-state index contributed by atoms with van der Waals surface area (Å²) in [7, 11) is -4.22. The Balaban J connectivity index is 2.04. The number of thioether (sulfide) groups is 1. The number of benzene rings is 3. The molecule has 0 radical (unpaired) electrons. The van der Waals surface area contributed by atoms with Gasteiger partial charge in [0.15, 0.2) is 0 Å². The molecule has 0 spiro atoms. The predicted molar refractivity (Wildman–Crippen MR) is 165 cm³/mol. The molecule has 2 atom stereocenters. The minimum Gasteiger partial charge on any atom is -0.494 e. The van der Waals surface area contributed by atoms with E-state index in [4.69, 9.17) is 4.74 Å². The Hall–Kier alpha value is -3.57. The van der Waals surface area contributed by atoms with Gasteiger partial charge in [-0.15, -0.1) is 11.8 Å². The first-order valence-corrected chi connectivity index (χ1v) is 16.4. The molecule has 8 nitrogen and oxygen atoms in total. The molecule has 3 aromatic rings. The average Bonchev–Trinajstić information content (AvgIpc) is 2.99. The summed E-state index contributed by atoms with van der Waals surface area (Å²) in [5, 5.41) is 2.86. The second kappa shape index (κ2) is 15.1. The van der Waals surface area contributed by atoms with Crippen LogP contribution >= 0.6 is 11.8 Å². The molecular weight excluding hydrogens is 577 g/mol. The highest BCUT2D eigenvalue weighted by Crippen LogP contribution is 2.28. The van der Waals surface area contributed by atoms with Crippen LogP contribution in [0.2, 0.25) is 0 Å². The lowest BCUT2D eigenvalue weighted by atomic mass is 10.1. The fraction of sp³-hybridized carbons (Fsp3) is 0.355. The summed E-state index contributed by atoms with van der Waals surface area (Å²) in [6.45, 7) is 6.75. The van der Waals surface area contributed by atoms with Crippen LogP contribution < -0.4 is 14.4 Å². The van der Waals surface area contributed by atoms with Gasteiger partial charge in [0, 0.05) is 23.0 Å².